The molecule has 3 nitrogen and oxygen atoms in total. The predicted molar refractivity (Wildman–Crippen MR) is 137 cm³/mol. The maximum atomic E-state index is 13.5. The molecule has 1 aliphatic heterocycles. The molecule has 0 aliphatic carbocycles. The third-order valence-corrected chi connectivity index (χ3v) is 7.09. The van der Waals surface area contributed by atoms with Crippen LogP contribution >= 0.6 is 0 Å². The lowest BCUT2D eigenvalue weighted by Gasteiger charge is -2.32. The zero-order chi connectivity index (χ0) is 26.7. The molecule has 1 saturated heterocycles. The van der Waals surface area contributed by atoms with Gasteiger partial charge < -0.3 is 4.90 Å². The van der Waals surface area contributed by atoms with Gasteiger partial charge in [-0.15, -0.1) is 0 Å². The van der Waals surface area contributed by atoms with Gasteiger partial charge in [0.25, 0.3) is 5.91 Å². The van der Waals surface area contributed by atoms with Crippen molar-refractivity contribution in [3.8, 4) is 0 Å². The smallest absolute Gasteiger partial charge is 0.336 e. The van der Waals surface area contributed by atoms with E-state index in [1.807, 2.05) is 20.8 Å². The molecular formula is C30H32F4N2O. The summed E-state index contributed by atoms with van der Waals surface area (Å²) in [5.41, 5.74) is 2.65. The number of aryl methyl sites for hydroxylation is 1. The lowest BCUT2D eigenvalue weighted by molar-refractivity contribution is -0.137. The van der Waals surface area contributed by atoms with Crippen molar-refractivity contribution in [3.05, 3.63) is 106 Å². The van der Waals surface area contributed by atoms with Crippen molar-refractivity contribution in [1.82, 2.24) is 9.80 Å². The van der Waals surface area contributed by atoms with Gasteiger partial charge in [-0.05, 0) is 68.1 Å². The van der Waals surface area contributed by atoms with Crippen LogP contribution in [-0.2, 0) is 12.7 Å². The lowest BCUT2D eigenvalue weighted by Crippen LogP contribution is -2.42. The molecule has 4 rings (SSSR count). The largest absolute Gasteiger partial charge is 0.416 e. The van der Waals surface area contributed by atoms with Crippen LogP contribution in [0.5, 0.6) is 0 Å². The van der Waals surface area contributed by atoms with Gasteiger partial charge in [-0.1, -0.05) is 48.0 Å². The third kappa shape index (κ3) is 6.58. The number of hydrogen-bond donors (Lipinski definition) is 0. The SMILES string of the molecule is Cc1ccc(CN2C[C@H](CN(C(=O)c3ccc(F)cc3)C(C)C)[C@H](c3cccc(C(F)(F)F)c3)C2)cc1. The Morgan fingerprint density at radius 2 is 1.68 bits per heavy atom. The van der Waals surface area contributed by atoms with Crippen molar-refractivity contribution < 1.29 is 22.4 Å². The molecule has 196 valence electrons. The molecule has 1 heterocycles. The highest BCUT2D eigenvalue weighted by atomic mass is 19.4. The number of carbonyl (C=O) groups is 1. The predicted octanol–water partition coefficient (Wildman–Crippen LogP) is 6.92. The molecule has 3 aromatic rings. The van der Waals surface area contributed by atoms with Crippen LogP contribution in [-0.4, -0.2) is 41.4 Å². The summed E-state index contributed by atoms with van der Waals surface area (Å²) >= 11 is 0. The normalized spacial score (nSPS) is 18.4. The van der Waals surface area contributed by atoms with Crippen molar-refractivity contribution in [1.29, 1.82) is 0 Å². The fourth-order valence-electron chi connectivity index (χ4n) is 5.09. The third-order valence-electron chi connectivity index (χ3n) is 7.09. The lowest BCUT2D eigenvalue weighted by atomic mass is 9.87. The van der Waals surface area contributed by atoms with Crippen molar-refractivity contribution in [2.45, 2.75) is 45.5 Å². The van der Waals surface area contributed by atoms with E-state index in [-0.39, 0.29) is 23.8 Å². The summed E-state index contributed by atoms with van der Waals surface area (Å²) in [6, 6.07) is 19.1. The van der Waals surface area contributed by atoms with Crippen molar-refractivity contribution in [2.75, 3.05) is 19.6 Å². The number of hydrogen-bond acceptors (Lipinski definition) is 2. The van der Waals surface area contributed by atoms with E-state index >= 15 is 0 Å². The first-order valence-electron chi connectivity index (χ1n) is 12.5. The minimum Gasteiger partial charge on any atom is -0.336 e. The number of rotatable bonds is 7. The Hall–Kier alpha value is -3.19. The van der Waals surface area contributed by atoms with Crippen LogP contribution in [0.2, 0.25) is 0 Å². The molecule has 0 aromatic heterocycles. The van der Waals surface area contributed by atoms with Crippen LogP contribution in [0, 0.1) is 18.7 Å². The summed E-state index contributed by atoms with van der Waals surface area (Å²) in [5.74, 6) is -0.870. The molecule has 1 aliphatic rings. The Morgan fingerprint density at radius 3 is 2.30 bits per heavy atom. The van der Waals surface area contributed by atoms with E-state index in [1.54, 1.807) is 11.0 Å². The summed E-state index contributed by atoms with van der Waals surface area (Å²) < 4.78 is 53.9. The highest BCUT2D eigenvalue weighted by Crippen LogP contribution is 2.37. The number of carbonyl (C=O) groups excluding carboxylic acids is 1. The van der Waals surface area contributed by atoms with Crippen LogP contribution in [0.15, 0.2) is 72.8 Å². The zero-order valence-electron chi connectivity index (χ0n) is 21.3. The van der Waals surface area contributed by atoms with Crippen molar-refractivity contribution in [2.24, 2.45) is 5.92 Å². The van der Waals surface area contributed by atoms with Crippen molar-refractivity contribution in [3.63, 3.8) is 0 Å². The number of amides is 1. The van der Waals surface area contributed by atoms with Crippen molar-refractivity contribution >= 4 is 5.91 Å². The van der Waals surface area contributed by atoms with E-state index in [0.29, 0.717) is 37.3 Å². The van der Waals surface area contributed by atoms with Crippen LogP contribution in [0.3, 0.4) is 0 Å². The van der Waals surface area contributed by atoms with Gasteiger partial charge in [0, 0.05) is 43.7 Å². The monoisotopic (exact) mass is 512 g/mol. The molecule has 1 fully saturated rings. The molecule has 7 heteroatoms. The Kier molecular flexibility index (Phi) is 8.02. The van der Waals surface area contributed by atoms with Gasteiger partial charge in [0.2, 0.25) is 0 Å². The first-order chi connectivity index (χ1) is 17.5. The van der Waals surface area contributed by atoms with Gasteiger partial charge in [0.05, 0.1) is 5.56 Å². The first kappa shape index (κ1) is 26.9. The second-order valence-corrected chi connectivity index (χ2v) is 10.2. The van der Waals surface area contributed by atoms with Gasteiger partial charge in [0.15, 0.2) is 0 Å². The summed E-state index contributed by atoms with van der Waals surface area (Å²) in [6.45, 7) is 8.17. The molecule has 0 saturated carbocycles. The summed E-state index contributed by atoms with van der Waals surface area (Å²) in [5, 5.41) is 0. The van der Waals surface area contributed by atoms with Crippen LogP contribution in [0.4, 0.5) is 17.6 Å². The van der Waals surface area contributed by atoms with Gasteiger partial charge in [-0.25, -0.2) is 4.39 Å². The van der Waals surface area contributed by atoms with E-state index in [1.165, 1.54) is 36.4 Å². The quantitative estimate of drug-likeness (QED) is 0.321. The highest BCUT2D eigenvalue weighted by Gasteiger charge is 2.38. The number of likely N-dealkylation sites (tertiary alicyclic amines) is 1. The molecule has 0 radical (unpaired) electrons. The minimum atomic E-state index is -4.42. The Labute approximate surface area is 215 Å². The average molecular weight is 513 g/mol. The first-order valence-corrected chi connectivity index (χ1v) is 12.5. The second-order valence-electron chi connectivity index (χ2n) is 10.2. The van der Waals surface area contributed by atoms with Gasteiger partial charge >= 0.3 is 6.18 Å². The molecule has 0 spiro atoms. The number of benzene rings is 3. The fraction of sp³-hybridized carbons (Fsp3) is 0.367. The van der Waals surface area contributed by atoms with Crippen LogP contribution in [0.25, 0.3) is 0 Å². The number of halogens is 4. The summed E-state index contributed by atoms with van der Waals surface area (Å²) in [4.78, 5) is 17.4. The summed E-state index contributed by atoms with van der Waals surface area (Å²) in [7, 11) is 0. The van der Waals surface area contributed by atoms with E-state index in [9.17, 15) is 22.4 Å². The maximum absolute atomic E-state index is 13.5. The minimum absolute atomic E-state index is 0.0688. The van der Waals surface area contributed by atoms with Gasteiger partial charge in [-0.2, -0.15) is 13.2 Å². The number of nitrogens with zero attached hydrogens (tertiary/aromatic N) is 2. The van der Waals surface area contributed by atoms with E-state index in [2.05, 4.69) is 29.2 Å². The molecule has 1 amide bonds. The Morgan fingerprint density at radius 1 is 1.00 bits per heavy atom. The Bertz CT molecular complexity index is 1210. The molecule has 37 heavy (non-hydrogen) atoms. The van der Waals surface area contributed by atoms with Gasteiger partial charge in [0.1, 0.15) is 5.82 Å². The molecule has 3 aromatic carbocycles. The fourth-order valence-corrected chi connectivity index (χ4v) is 5.09. The van der Waals surface area contributed by atoms with E-state index in [4.69, 9.17) is 0 Å². The highest BCUT2D eigenvalue weighted by molar-refractivity contribution is 5.94. The van der Waals surface area contributed by atoms with Gasteiger partial charge in [-0.3, -0.25) is 9.69 Å². The molecule has 0 unspecified atom stereocenters. The van der Waals surface area contributed by atoms with Crippen LogP contribution in [0.1, 0.15) is 52.4 Å². The molecule has 0 N–H and O–H groups in total. The van der Waals surface area contributed by atoms with E-state index in [0.717, 1.165) is 17.2 Å². The van der Waals surface area contributed by atoms with E-state index < -0.39 is 17.6 Å². The molecule has 2 atom stereocenters. The maximum Gasteiger partial charge on any atom is 0.416 e. The Balaban J connectivity index is 1.62. The number of alkyl halides is 3. The zero-order valence-corrected chi connectivity index (χ0v) is 21.3. The summed E-state index contributed by atoms with van der Waals surface area (Å²) in [6.07, 6.45) is -4.42. The molecule has 0 bridgehead atoms. The molecular weight excluding hydrogens is 480 g/mol. The second kappa shape index (κ2) is 11.1. The van der Waals surface area contributed by atoms with Crippen LogP contribution < -0.4 is 0 Å². The average Bonchev–Trinajstić information content (AvgIpc) is 3.25. The topological polar surface area (TPSA) is 23.6 Å². The standard InChI is InChI=1S/C30H32F4N2O/c1-20(2)36(29(37)23-11-13-27(31)14-12-23)18-25-17-35(16-22-9-7-21(3)8-10-22)19-28(25)24-5-4-6-26(15-24)30(32,33)34/h4-15,20,25,28H,16-19H2,1-3H3/t25-,28+/m1/s1.